The average molecular weight is 345 g/mol. The molecule has 0 radical (unpaired) electrons. The van der Waals surface area contributed by atoms with E-state index in [0.29, 0.717) is 13.1 Å². The van der Waals surface area contributed by atoms with Crippen molar-refractivity contribution in [3.05, 3.63) is 48.0 Å². The molecule has 2 aromatic carbocycles. The predicted molar refractivity (Wildman–Crippen MR) is 103 cm³/mol. The molecular formula is C17H27N7O. The molecule has 2 aromatic rings. The largest absolute Gasteiger partial charge is 0.368 e. The number of hydrazine groups is 1. The number of hydrogen-bond acceptors (Lipinski definition) is 5. The highest BCUT2D eigenvalue weighted by Gasteiger charge is 2.21. The smallest absolute Gasteiger partial charge is 0.324 e. The Bertz CT molecular complexity index is 779. The summed E-state index contributed by atoms with van der Waals surface area (Å²) >= 11 is 0. The normalized spacial score (nSPS) is 16.0. The van der Waals surface area contributed by atoms with Crippen molar-refractivity contribution >= 4 is 22.8 Å². The number of carbonyl (C=O) groups excluding carboxylic acids is 1. The summed E-state index contributed by atoms with van der Waals surface area (Å²) in [6, 6.07) is 14.6. The van der Waals surface area contributed by atoms with E-state index in [1.165, 1.54) is 16.3 Å². The van der Waals surface area contributed by atoms with Crippen molar-refractivity contribution in [3.63, 3.8) is 0 Å². The third kappa shape index (κ3) is 4.37. The molecule has 8 nitrogen and oxygen atoms in total. The van der Waals surface area contributed by atoms with Crippen molar-refractivity contribution in [2.45, 2.75) is 6.54 Å². The lowest BCUT2D eigenvalue weighted by atomic mass is 10.1. The number of nitrogens with zero attached hydrogens (tertiary/aromatic N) is 3. The summed E-state index contributed by atoms with van der Waals surface area (Å²) < 4.78 is 0. The van der Waals surface area contributed by atoms with Gasteiger partial charge < -0.3 is 10.6 Å². The Hall–Kier alpha value is -2.84. The number of amides is 2. The Labute approximate surface area is 149 Å². The molecule has 1 heterocycles. The number of guanidine groups is 1. The van der Waals surface area contributed by atoms with Crippen LogP contribution in [0.1, 0.15) is 8.42 Å². The number of nitrogens with two attached hydrogens (primary N) is 2. The number of nitrogens with one attached hydrogen (secondary N) is 2. The summed E-state index contributed by atoms with van der Waals surface area (Å²) in [6.07, 6.45) is 0. The van der Waals surface area contributed by atoms with Crippen molar-refractivity contribution in [3.8, 4) is 0 Å². The van der Waals surface area contributed by atoms with Gasteiger partial charge in [0.2, 0.25) is 5.96 Å². The Morgan fingerprint density at radius 3 is 2.56 bits per heavy atom. The second-order valence-corrected chi connectivity index (χ2v) is 6.00. The Morgan fingerprint density at radius 1 is 1.12 bits per heavy atom. The average Bonchev–Trinajstić information content (AvgIpc) is 2.62. The fourth-order valence-corrected chi connectivity index (χ4v) is 2.99. The molecule has 136 valence electrons. The molecule has 0 saturated carbocycles. The van der Waals surface area contributed by atoms with Gasteiger partial charge in [-0.3, -0.25) is 10.2 Å². The Kier molecular flexibility index (Phi) is 5.32. The summed E-state index contributed by atoms with van der Waals surface area (Å²) in [5.74, 6) is 4.97. The highest BCUT2D eigenvalue weighted by Crippen LogP contribution is 2.17. The maximum Gasteiger partial charge on any atom is 0.324 e. The number of piperazine rings is 1. The van der Waals surface area contributed by atoms with Crippen LogP contribution in [0, 0.1) is 0 Å². The monoisotopic (exact) mass is 345 g/mol. The lowest BCUT2D eigenvalue weighted by Gasteiger charge is -2.34. The van der Waals surface area contributed by atoms with Gasteiger partial charge in [-0.2, -0.15) is 0 Å². The number of carbonyl (C=O) groups is 1. The molecule has 1 fully saturated rings. The topological polar surface area (TPSA) is 112 Å². The molecule has 1 aliphatic heterocycles. The summed E-state index contributed by atoms with van der Waals surface area (Å²) in [5, 5.41) is 8.50. The fourth-order valence-electron chi connectivity index (χ4n) is 2.99. The minimum Gasteiger partial charge on any atom is -0.368 e. The zero-order chi connectivity index (χ0) is 17.6. The van der Waals surface area contributed by atoms with E-state index in [9.17, 15) is 4.79 Å². The van der Waals surface area contributed by atoms with E-state index in [-0.39, 0.29) is 14.8 Å². The fraction of sp³-hybridized carbons (Fsp3) is 0.294. The standard InChI is InChI=1S/C17H23N7O.2H2/c18-16(21-22-19)20-17(25)24-9-7-23(8-10-24)12-13-5-6-14-3-1-2-4-15(14)11-13;;/h1-6,11,22H,7-10,12,19H2,(H3,18,20,21,25);2*1H. The zero-order valence-electron chi connectivity index (χ0n) is 14.0. The molecule has 0 spiro atoms. The third-order valence-electron chi connectivity index (χ3n) is 4.30. The van der Waals surface area contributed by atoms with Crippen molar-refractivity contribution in [2.75, 3.05) is 26.2 Å². The van der Waals surface area contributed by atoms with E-state index in [1.807, 2.05) is 11.6 Å². The number of hydrogen-bond donors (Lipinski definition) is 4. The van der Waals surface area contributed by atoms with Crippen LogP contribution in [0.4, 0.5) is 4.79 Å². The van der Waals surface area contributed by atoms with Crippen LogP contribution in [0.25, 0.3) is 10.8 Å². The summed E-state index contributed by atoms with van der Waals surface area (Å²) in [6.45, 7) is 3.78. The first-order valence-corrected chi connectivity index (χ1v) is 8.20. The molecule has 25 heavy (non-hydrogen) atoms. The summed E-state index contributed by atoms with van der Waals surface area (Å²) in [4.78, 5) is 16.1. The molecule has 6 N–H and O–H groups in total. The summed E-state index contributed by atoms with van der Waals surface area (Å²) in [7, 11) is 0. The molecule has 3 rings (SSSR count). The zero-order valence-corrected chi connectivity index (χ0v) is 14.0. The van der Waals surface area contributed by atoms with Gasteiger partial charge >= 0.3 is 6.03 Å². The lowest BCUT2D eigenvalue weighted by molar-refractivity contribution is 0.138. The molecule has 1 saturated heterocycles. The SMILES string of the molecule is NN/N=C(\N)NC(=O)N1CCN(Cc2ccc3ccccc3c2)CC1.[HH].[HH]. The van der Waals surface area contributed by atoms with Crippen molar-refractivity contribution in [1.29, 1.82) is 0 Å². The lowest BCUT2D eigenvalue weighted by Crippen LogP contribution is -2.53. The number of rotatable bonds is 3. The molecule has 1 aliphatic rings. The molecule has 0 atom stereocenters. The molecular weight excluding hydrogens is 318 g/mol. The minimum atomic E-state index is -0.262. The van der Waals surface area contributed by atoms with Crippen LogP contribution >= 0.6 is 0 Å². The van der Waals surface area contributed by atoms with Crippen molar-refractivity contribution in [2.24, 2.45) is 16.7 Å². The van der Waals surface area contributed by atoms with E-state index in [2.05, 4.69) is 51.7 Å². The second kappa shape index (κ2) is 7.82. The van der Waals surface area contributed by atoms with Crippen LogP contribution in [0.2, 0.25) is 0 Å². The maximum absolute atomic E-state index is 12.1. The number of urea groups is 1. The molecule has 0 aliphatic carbocycles. The van der Waals surface area contributed by atoms with Crippen LogP contribution in [-0.2, 0) is 6.54 Å². The summed E-state index contributed by atoms with van der Waals surface area (Å²) in [5.41, 5.74) is 8.83. The van der Waals surface area contributed by atoms with Gasteiger partial charge in [-0.1, -0.05) is 36.4 Å². The van der Waals surface area contributed by atoms with Crippen LogP contribution in [0.3, 0.4) is 0 Å². The van der Waals surface area contributed by atoms with E-state index < -0.39 is 0 Å². The predicted octanol–water partition coefficient (Wildman–Crippen LogP) is 0.852. The van der Waals surface area contributed by atoms with Crippen molar-refractivity contribution < 1.29 is 7.65 Å². The third-order valence-corrected chi connectivity index (χ3v) is 4.30. The first-order chi connectivity index (χ1) is 12.2. The van der Waals surface area contributed by atoms with E-state index in [4.69, 9.17) is 11.6 Å². The highest BCUT2D eigenvalue weighted by atomic mass is 16.2. The van der Waals surface area contributed by atoms with Crippen molar-refractivity contribution in [1.82, 2.24) is 20.7 Å². The quantitative estimate of drug-likeness (QED) is 0.285. The minimum absolute atomic E-state index is 0. The van der Waals surface area contributed by atoms with Gasteiger partial charge in [-0.05, 0) is 22.4 Å². The number of benzene rings is 2. The van der Waals surface area contributed by atoms with Gasteiger partial charge in [0, 0.05) is 35.6 Å². The van der Waals surface area contributed by atoms with Gasteiger partial charge in [0.15, 0.2) is 0 Å². The van der Waals surface area contributed by atoms with E-state index >= 15 is 0 Å². The molecule has 8 heteroatoms. The van der Waals surface area contributed by atoms with Crippen LogP contribution in [0.5, 0.6) is 0 Å². The number of fused-ring (bicyclic) bond motifs is 1. The van der Waals surface area contributed by atoms with Crippen LogP contribution in [0.15, 0.2) is 47.6 Å². The highest BCUT2D eigenvalue weighted by molar-refractivity contribution is 5.95. The van der Waals surface area contributed by atoms with E-state index in [0.717, 1.165) is 19.6 Å². The van der Waals surface area contributed by atoms with Crippen LogP contribution in [-0.4, -0.2) is 48.0 Å². The van der Waals surface area contributed by atoms with Gasteiger partial charge in [-0.25, -0.2) is 16.2 Å². The molecule has 2 amide bonds. The van der Waals surface area contributed by atoms with Crippen LogP contribution < -0.4 is 22.4 Å². The first kappa shape index (κ1) is 17.0. The first-order valence-electron chi connectivity index (χ1n) is 8.20. The van der Waals surface area contributed by atoms with E-state index in [1.54, 1.807) is 4.90 Å². The van der Waals surface area contributed by atoms with Gasteiger partial charge in [0.05, 0.1) is 0 Å². The Morgan fingerprint density at radius 2 is 1.84 bits per heavy atom. The molecule has 0 aromatic heterocycles. The maximum atomic E-state index is 12.1. The van der Waals surface area contributed by atoms with Gasteiger partial charge in [0.1, 0.15) is 0 Å². The second-order valence-electron chi connectivity index (χ2n) is 6.00. The van der Waals surface area contributed by atoms with Gasteiger partial charge in [-0.15, -0.1) is 5.10 Å². The van der Waals surface area contributed by atoms with Gasteiger partial charge in [0.25, 0.3) is 0 Å². The molecule has 0 unspecified atom stereocenters. The molecule has 0 bridgehead atoms. The number of hydrazone groups is 1. The Balaban J connectivity index is 0.00000182.